The van der Waals surface area contributed by atoms with Gasteiger partial charge >= 0.3 is 0 Å². The molecule has 0 aliphatic carbocycles. The number of pyridine rings is 1. The maximum absolute atomic E-state index is 6.92. The van der Waals surface area contributed by atoms with Gasteiger partial charge in [0.05, 0.1) is 11.0 Å². The molecule has 0 radical (unpaired) electrons. The van der Waals surface area contributed by atoms with Crippen LogP contribution in [0, 0.1) is 0 Å². The second kappa shape index (κ2) is 11.4. The lowest BCUT2D eigenvalue weighted by Gasteiger charge is -2.10. The molecule has 234 valence electrons. The van der Waals surface area contributed by atoms with E-state index in [0.29, 0.717) is 17.5 Å². The number of fused-ring (bicyclic) bond motifs is 6. The van der Waals surface area contributed by atoms with Crippen LogP contribution in [0.3, 0.4) is 0 Å². The molecule has 0 unspecified atom stereocenters. The summed E-state index contributed by atoms with van der Waals surface area (Å²) in [4.78, 5) is 19.5. The Morgan fingerprint density at radius 1 is 0.440 bits per heavy atom. The van der Waals surface area contributed by atoms with E-state index in [1.807, 2.05) is 91.3 Å². The molecular formula is C44H27N5O. The van der Waals surface area contributed by atoms with Gasteiger partial charge < -0.3 is 8.98 Å². The number of aromatic nitrogens is 5. The first kappa shape index (κ1) is 28.1. The van der Waals surface area contributed by atoms with Gasteiger partial charge in [-0.3, -0.25) is 4.98 Å². The van der Waals surface area contributed by atoms with Crippen LogP contribution >= 0.6 is 0 Å². The van der Waals surface area contributed by atoms with Gasteiger partial charge in [-0.25, -0.2) is 15.0 Å². The highest BCUT2D eigenvalue weighted by Gasteiger charge is 2.23. The number of furan rings is 1. The maximum Gasteiger partial charge on any atom is 0.164 e. The Labute approximate surface area is 287 Å². The first-order valence-electron chi connectivity index (χ1n) is 16.6. The molecule has 50 heavy (non-hydrogen) atoms. The van der Waals surface area contributed by atoms with E-state index in [1.54, 1.807) is 0 Å². The predicted octanol–water partition coefficient (Wildman–Crippen LogP) is 10.9. The lowest BCUT2D eigenvalue weighted by Crippen LogP contribution is -2.00. The largest absolute Gasteiger partial charge is 0.455 e. The normalized spacial score (nSPS) is 11.6. The minimum atomic E-state index is 0.582. The van der Waals surface area contributed by atoms with E-state index in [0.717, 1.165) is 71.9 Å². The highest BCUT2D eigenvalue weighted by molar-refractivity contribution is 6.21. The number of hydrogen-bond acceptors (Lipinski definition) is 5. The first-order valence-corrected chi connectivity index (χ1v) is 16.6. The third-order valence-corrected chi connectivity index (χ3v) is 9.36. The van der Waals surface area contributed by atoms with Crippen LogP contribution < -0.4 is 0 Å². The van der Waals surface area contributed by atoms with E-state index in [4.69, 9.17) is 19.4 Å². The van der Waals surface area contributed by atoms with Crippen LogP contribution in [-0.4, -0.2) is 24.5 Å². The Bertz CT molecular complexity index is 2790. The third-order valence-electron chi connectivity index (χ3n) is 9.36. The molecule has 0 saturated carbocycles. The topological polar surface area (TPSA) is 69.6 Å². The van der Waals surface area contributed by atoms with Gasteiger partial charge in [-0.2, -0.15) is 0 Å². The van der Waals surface area contributed by atoms with Crippen molar-refractivity contribution in [3.05, 3.63) is 164 Å². The average Bonchev–Trinajstić information content (AvgIpc) is 3.73. The Morgan fingerprint density at radius 2 is 1.04 bits per heavy atom. The van der Waals surface area contributed by atoms with Crippen molar-refractivity contribution in [2.45, 2.75) is 0 Å². The van der Waals surface area contributed by atoms with Crippen LogP contribution in [0.4, 0.5) is 0 Å². The Morgan fingerprint density at radius 3 is 1.74 bits per heavy atom. The molecule has 0 atom stereocenters. The zero-order chi connectivity index (χ0) is 33.0. The standard InChI is InChI=1S/C44H27N5O/c1-4-12-29(13-5-1)42-46-43(30-14-6-2-7-15-30)48-44(47-42)34-21-20-32(28-22-24-45-25-23-28)41-40(34)36-26-35-33-18-10-11-19-37(33)49(31-16-8-3-9-17-31)38(35)27-39(36)50-41/h1-27H. The Balaban J connectivity index is 1.31. The zero-order valence-electron chi connectivity index (χ0n) is 26.7. The monoisotopic (exact) mass is 641 g/mol. The van der Waals surface area contributed by atoms with Gasteiger partial charge in [0.1, 0.15) is 11.2 Å². The molecule has 6 nitrogen and oxygen atoms in total. The smallest absolute Gasteiger partial charge is 0.164 e. The van der Waals surface area contributed by atoms with Crippen LogP contribution in [0.2, 0.25) is 0 Å². The molecule has 4 heterocycles. The van der Waals surface area contributed by atoms with Gasteiger partial charge in [0.15, 0.2) is 17.5 Å². The maximum atomic E-state index is 6.92. The van der Waals surface area contributed by atoms with Crippen molar-refractivity contribution in [3.63, 3.8) is 0 Å². The SMILES string of the molecule is c1ccc(-c2nc(-c3ccccc3)nc(-c3ccc(-c4ccncc4)c4oc5cc6c(cc5c34)c3ccccc3n6-c3ccccc3)n2)cc1. The fourth-order valence-electron chi connectivity index (χ4n) is 7.07. The van der Waals surface area contributed by atoms with Crippen molar-refractivity contribution >= 4 is 43.7 Å². The summed E-state index contributed by atoms with van der Waals surface area (Å²) < 4.78 is 9.23. The van der Waals surface area contributed by atoms with Gasteiger partial charge in [-0.05, 0) is 54.1 Å². The summed E-state index contributed by atoms with van der Waals surface area (Å²) in [7, 11) is 0. The molecule has 0 spiro atoms. The molecule has 0 N–H and O–H groups in total. The molecule has 0 fully saturated rings. The van der Waals surface area contributed by atoms with Crippen LogP contribution in [0.5, 0.6) is 0 Å². The Hall–Kier alpha value is -6.92. The molecule has 0 amide bonds. The quantitative estimate of drug-likeness (QED) is 0.187. The van der Waals surface area contributed by atoms with E-state index >= 15 is 0 Å². The number of benzene rings is 6. The molecular weight excluding hydrogens is 615 g/mol. The van der Waals surface area contributed by atoms with Gasteiger partial charge in [0.2, 0.25) is 0 Å². The van der Waals surface area contributed by atoms with Gasteiger partial charge in [0.25, 0.3) is 0 Å². The summed E-state index contributed by atoms with van der Waals surface area (Å²) >= 11 is 0. The number of nitrogens with zero attached hydrogens (tertiary/aromatic N) is 5. The summed E-state index contributed by atoms with van der Waals surface area (Å²) in [5.41, 5.74) is 9.59. The number of hydrogen-bond donors (Lipinski definition) is 0. The second-order valence-corrected chi connectivity index (χ2v) is 12.3. The van der Waals surface area contributed by atoms with Crippen molar-refractivity contribution in [2.75, 3.05) is 0 Å². The summed E-state index contributed by atoms with van der Waals surface area (Å²) in [6.45, 7) is 0. The fourth-order valence-corrected chi connectivity index (χ4v) is 7.07. The van der Waals surface area contributed by atoms with Gasteiger partial charge in [-0.1, -0.05) is 97.1 Å². The molecule has 0 saturated heterocycles. The first-order chi connectivity index (χ1) is 24.8. The van der Waals surface area contributed by atoms with Crippen molar-refractivity contribution in [1.29, 1.82) is 0 Å². The highest BCUT2D eigenvalue weighted by atomic mass is 16.3. The summed E-state index contributed by atoms with van der Waals surface area (Å²) in [5, 5.41) is 4.27. The van der Waals surface area contributed by atoms with Crippen LogP contribution in [0.15, 0.2) is 168 Å². The fraction of sp³-hybridized carbons (Fsp3) is 0. The van der Waals surface area contributed by atoms with E-state index in [9.17, 15) is 0 Å². The lowest BCUT2D eigenvalue weighted by atomic mass is 9.98. The van der Waals surface area contributed by atoms with E-state index < -0.39 is 0 Å². The van der Waals surface area contributed by atoms with Crippen LogP contribution in [-0.2, 0) is 0 Å². The summed E-state index contributed by atoms with van der Waals surface area (Å²) in [6, 6.07) is 51.9. The predicted molar refractivity (Wildman–Crippen MR) is 201 cm³/mol. The van der Waals surface area contributed by atoms with Gasteiger partial charge in [0, 0.05) is 67.9 Å². The van der Waals surface area contributed by atoms with Crippen LogP contribution in [0.1, 0.15) is 0 Å². The van der Waals surface area contributed by atoms with E-state index in [2.05, 4.69) is 82.3 Å². The minimum Gasteiger partial charge on any atom is -0.455 e. The second-order valence-electron chi connectivity index (χ2n) is 12.3. The molecule has 10 rings (SSSR count). The van der Waals surface area contributed by atoms with Crippen molar-refractivity contribution < 1.29 is 4.42 Å². The average molecular weight is 642 g/mol. The third kappa shape index (κ3) is 4.50. The summed E-state index contributed by atoms with van der Waals surface area (Å²) in [5.74, 6) is 1.81. The molecule has 6 aromatic carbocycles. The van der Waals surface area contributed by atoms with Crippen molar-refractivity contribution in [3.8, 4) is 51.0 Å². The molecule has 4 aromatic heterocycles. The van der Waals surface area contributed by atoms with Crippen molar-refractivity contribution in [2.24, 2.45) is 0 Å². The number of para-hydroxylation sites is 2. The molecule has 6 heteroatoms. The molecule has 10 aromatic rings. The number of rotatable bonds is 5. The lowest BCUT2D eigenvalue weighted by molar-refractivity contribution is 0.670. The molecule has 0 bridgehead atoms. The van der Waals surface area contributed by atoms with Crippen LogP contribution in [0.25, 0.3) is 94.7 Å². The minimum absolute atomic E-state index is 0.582. The summed E-state index contributed by atoms with van der Waals surface area (Å²) in [6.07, 6.45) is 3.62. The van der Waals surface area contributed by atoms with Crippen molar-refractivity contribution in [1.82, 2.24) is 24.5 Å². The Kier molecular flexibility index (Phi) is 6.39. The zero-order valence-corrected chi connectivity index (χ0v) is 26.7. The molecule has 0 aliphatic heterocycles. The van der Waals surface area contributed by atoms with E-state index in [-0.39, 0.29) is 0 Å². The van der Waals surface area contributed by atoms with E-state index in [1.165, 1.54) is 5.39 Å². The molecule has 0 aliphatic rings. The van der Waals surface area contributed by atoms with Gasteiger partial charge in [-0.15, -0.1) is 0 Å². The highest BCUT2D eigenvalue weighted by Crippen LogP contribution is 2.44.